The highest BCUT2D eigenvalue weighted by molar-refractivity contribution is 7.93. The molecule has 6 nitrogen and oxygen atoms in total. The zero-order valence-corrected chi connectivity index (χ0v) is 14.4. The summed E-state index contributed by atoms with van der Waals surface area (Å²) >= 11 is 0. The first-order chi connectivity index (χ1) is 12.0. The number of hydrogen-bond donors (Lipinski definition) is 1. The smallest absolute Gasteiger partial charge is 0.338 e. The standard InChI is InChI=1S/C18H18N2O4S/c1-2-24-18(21)14-8-10-15(11-9-14)20-25(22,23)16-7-3-5-13-6-4-12-19-17(13)16/h3-12,16-17,20H,2H2,1H3. The van der Waals surface area contributed by atoms with Crippen molar-refractivity contribution in [3.8, 4) is 0 Å². The summed E-state index contributed by atoms with van der Waals surface area (Å²) in [5, 5.41) is -0.793. The topological polar surface area (TPSA) is 84.8 Å². The number of carbonyl (C=O) groups excluding carboxylic acids is 1. The molecule has 1 N–H and O–H groups in total. The molecule has 0 fully saturated rings. The third-order valence-corrected chi connectivity index (χ3v) is 5.53. The van der Waals surface area contributed by atoms with Crippen LogP contribution in [0.2, 0.25) is 0 Å². The quantitative estimate of drug-likeness (QED) is 0.820. The summed E-state index contributed by atoms with van der Waals surface area (Å²) in [4.78, 5) is 15.9. The van der Waals surface area contributed by atoms with Crippen molar-refractivity contribution in [3.63, 3.8) is 0 Å². The number of hydrogen-bond acceptors (Lipinski definition) is 5. The maximum absolute atomic E-state index is 12.8. The van der Waals surface area contributed by atoms with Gasteiger partial charge in [-0.05, 0) is 42.8 Å². The van der Waals surface area contributed by atoms with E-state index in [0.717, 1.165) is 5.57 Å². The summed E-state index contributed by atoms with van der Waals surface area (Å²) in [5.41, 5.74) is 1.61. The predicted molar refractivity (Wildman–Crippen MR) is 97.4 cm³/mol. The van der Waals surface area contributed by atoms with Crippen LogP contribution in [0, 0.1) is 0 Å². The molecule has 3 rings (SSSR count). The number of ether oxygens (including phenoxy) is 1. The molecule has 1 heterocycles. The lowest BCUT2D eigenvalue weighted by atomic mass is 9.97. The van der Waals surface area contributed by atoms with Gasteiger partial charge in [0.25, 0.3) is 0 Å². The third kappa shape index (κ3) is 3.71. The van der Waals surface area contributed by atoms with Gasteiger partial charge in [0.2, 0.25) is 10.0 Å². The molecule has 2 aliphatic rings. The van der Waals surface area contributed by atoms with Gasteiger partial charge in [0.1, 0.15) is 5.25 Å². The minimum absolute atomic E-state index is 0.285. The number of dihydropyridines is 1. The molecule has 0 radical (unpaired) electrons. The zero-order valence-electron chi connectivity index (χ0n) is 13.6. The average Bonchev–Trinajstić information content (AvgIpc) is 2.61. The van der Waals surface area contributed by atoms with Crippen molar-refractivity contribution >= 4 is 27.9 Å². The Morgan fingerprint density at radius 3 is 2.72 bits per heavy atom. The highest BCUT2D eigenvalue weighted by Gasteiger charge is 2.34. The molecule has 1 aliphatic heterocycles. The lowest BCUT2D eigenvalue weighted by Gasteiger charge is -2.26. The van der Waals surface area contributed by atoms with Gasteiger partial charge in [-0.25, -0.2) is 13.2 Å². The SMILES string of the molecule is CCOC(=O)c1ccc(NS(=O)(=O)C2C=CC=C3C=CC=NC32)cc1. The first kappa shape index (κ1) is 17.2. The van der Waals surface area contributed by atoms with E-state index in [1.807, 2.05) is 12.2 Å². The van der Waals surface area contributed by atoms with Crippen LogP contribution in [0.15, 0.2) is 65.2 Å². The van der Waals surface area contributed by atoms with Crippen molar-refractivity contribution in [1.29, 1.82) is 0 Å². The molecule has 0 bridgehead atoms. The summed E-state index contributed by atoms with van der Waals surface area (Å²) in [5.74, 6) is -0.440. The van der Waals surface area contributed by atoms with Gasteiger partial charge in [-0.15, -0.1) is 0 Å². The van der Waals surface area contributed by atoms with E-state index in [4.69, 9.17) is 4.74 Å². The van der Waals surface area contributed by atoms with Crippen molar-refractivity contribution in [3.05, 3.63) is 65.8 Å². The summed E-state index contributed by atoms with van der Waals surface area (Å²) in [7, 11) is -3.69. The van der Waals surface area contributed by atoms with Crippen LogP contribution in [0.4, 0.5) is 5.69 Å². The second-order valence-electron chi connectivity index (χ2n) is 5.56. The van der Waals surface area contributed by atoms with Crippen molar-refractivity contribution in [1.82, 2.24) is 0 Å². The Balaban J connectivity index is 1.77. The lowest BCUT2D eigenvalue weighted by Crippen LogP contribution is -2.38. The summed E-state index contributed by atoms with van der Waals surface area (Å²) in [6.07, 6.45) is 10.5. The van der Waals surface area contributed by atoms with Crippen LogP contribution < -0.4 is 4.72 Å². The monoisotopic (exact) mass is 358 g/mol. The van der Waals surface area contributed by atoms with E-state index in [-0.39, 0.29) is 6.61 Å². The lowest BCUT2D eigenvalue weighted by molar-refractivity contribution is 0.0526. The number of nitrogens with one attached hydrogen (secondary N) is 1. The molecule has 2 unspecified atom stereocenters. The fraction of sp³-hybridized carbons (Fsp3) is 0.222. The Morgan fingerprint density at radius 2 is 2.00 bits per heavy atom. The molecule has 1 aliphatic carbocycles. The van der Waals surface area contributed by atoms with Gasteiger partial charge in [-0.1, -0.05) is 24.3 Å². The van der Waals surface area contributed by atoms with Crippen molar-refractivity contribution in [2.45, 2.75) is 18.2 Å². The molecule has 1 aromatic rings. The number of benzene rings is 1. The number of nitrogens with zero attached hydrogens (tertiary/aromatic N) is 1. The molecular formula is C18H18N2O4S. The summed E-state index contributed by atoms with van der Waals surface area (Å²) < 4.78 is 33.0. The van der Waals surface area contributed by atoms with Gasteiger partial charge in [0, 0.05) is 11.9 Å². The molecule has 0 aromatic heterocycles. The van der Waals surface area contributed by atoms with Gasteiger partial charge in [-0.2, -0.15) is 0 Å². The van der Waals surface area contributed by atoms with E-state index in [0.29, 0.717) is 11.3 Å². The molecule has 130 valence electrons. The minimum atomic E-state index is -3.69. The van der Waals surface area contributed by atoms with Gasteiger partial charge < -0.3 is 4.74 Å². The Hall–Kier alpha value is -2.67. The van der Waals surface area contributed by atoms with Gasteiger partial charge >= 0.3 is 5.97 Å². The molecule has 0 saturated carbocycles. The molecule has 0 spiro atoms. The van der Waals surface area contributed by atoms with Crippen molar-refractivity contribution < 1.29 is 17.9 Å². The van der Waals surface area contributed by atoms with E-state index in [1.54, 1.807) is 31.4 Å². The highest BCUT2D eigenvalue weighted by Crippen LogP contribution is 2.27. The van der Waals surface area contributed by atoms with E-state index < -0.39 is 27.3 Å². The molecule has 2 atom stereocenters. The second-order valence-corrected chi connectivity index (χ2v) is 7.40. The van der Waals surface area contributed by atoms with Gasteiger partial charge in [0.05, 0.1) is 18.2 Å². The second kappa shape index (κ2) is 7.06. The van der Waals surface area contributed by atoms with Crippen LogP contribution >= 0.6 is 0 Å². The fourth-order valence-corrected chi connectivity index (χ4v) is 4.15. The van der Waals surface area contributed by atoms with Gasteiger partial charge in [-0.3, -0.25) is 9.71 Å². The predicted octanol–water partition coefficient (Wildman–Crippen LogP) is 2.48. The van der Waals surface area contributed by atoms with E-state index in [9.17, 15) is 13.2 Å². The first-order valence-electron chi connectivity index (χ1n) is 7.88. The number of fused-ring (bicyclic) bond motifs is 1. The van der Waals surface area contributed by atoms with Crippen LogP contribution in [-0.2, 0) is 14.8 Å². The average molecular weight is 358 g/mol. The highest BCUT2D eigenvalue weighted by atomic mass is 32.2. The molecule has 1 aromatic carbocycles. The first-order valence-corrected chi connectivity index (χ1v) is 9.43. The zero-order chi connectivity index (χ0) is 17.9. The molecule has 0 amide bonds. The number of rotatable bonds is 5. The van der Waals surface area contributed by atoms with Crippen LogP contribution in [0.1, 0.15) is 17.3 Å². The molecule has 25 heavy (non-hydrogen) atoms. The summed E-state index contributed by atoms with van der Waals surface area (Å²) in [6.45, 7) is 2.01. The molecule has 0 saturated heterocycles. The number of anilines is 1. The minimum Gasteiger partial charge on any atom is -0.462 e. The van der Waals surface area contributed by atoms with Gasteiger partial charge in [0.15, 0.2) is 0 Å². The van der Waals surface area contributed by atoms with Crippen LogP contribution in [-0.4, -0.2) is 38.5 Å². The number of allylic oxidation sites excluding steroid dienone is 3. The van der Waals surface area contributed by atoms with Crippen molar-refractivity contribution in [2.75, 3.05) is 11.3 Å². The van der Waals surface area contributed by atoms with Crippen molar-refractivity contribution in [2.24, 2.45) is 4.99 Å². The van der Waals surface area contributed by atoms with E-state index >= 15 is 0 Å². The maximum Gasteiger partial charge on any atom is 0.338 e. The summed E-state index contributed by atoms with van der Waals surface area (Å²) in [6, 6.07) is 5.68. The molecule has 7 heteroatoms. The largest absolute Gasteiger partial charge is 0.462 e. The normalized spacial score (nSPS) is 21.4. The number of esters is 1. The number of aliphatic imine (C=N–C) groups is 1. The maximum atomic E-state index is 12.8. The number of carbonyl (C=O) groups is 1. The fourth-order valence-electron chi connectivity index (χ4n) is 2.69. The Morgan fingerprint density at radius 1 is 1.24 bits per heavy atom. The number of sulfonamides is 1. The Kier molecular flexibility index (Phi) is 4.85. The Bertz CT molecular complexity index is 880. The van der Waals surface area contributed by atoms with Crippen LogP contribution in [0.3, 0.4) is 0 Å². The Labute approximate surface area is 146 Å². The van der Waals surface area contributed by atoms with E-state index in [2.05, 4.69) is 9.71 Å². The van der Waals surface area contributed by atoms with Crippen LogP contribution in [0.25, 0.3) is 0 Å². The van der Waals surface area contributed by atoms with Crippen LogP contribution in [0.5, 0.6) is 0 Å². The molecular weight excluding hydrogens is 340 g/mol. The van der Waals surface area contributed by atoms with E-state index in [1.165, 1.54) is 24.3 Å². The third-order valence-electron chi connectivity index (χ3n) is 3.88.